The lowest BCUT2D eigenvalue weighted by molar-refractivity contribution is 0.247. The average molecular weight is 275 g/mol. The van der Waals surface area contributed by atoms with Gasteiger partial charge in [0.05, 0.1) is 0 Å². The van der Waals surface area contributed by atoms with Crippen LogP contribution in [0.1, 0.15) is 31.2 Å². The van der Waals surface area contributed by atoms with E-state index in [-0.39, 0.29) is 0 Å². The summed E-state index contributed by atoms with van der Waals surface area (Å²) in [4.78, 5) is 14.0. The molecule has 1 aliphatic carbocycles. The molecule has 3 rings (SSSR count). The van der Waals surface area contributed by atoms with E-state index in [2.05, 4.69) is 26.7 Å². The van der Waals surface area contributed by atoms with E-state index in [0.29, 0.717) is 5.82 Å². The number of aryl methyl sites for hydroxylation is 1. The van der Waals surface area contributed by atoms with Gasteiger partial charge in [0.2, 0.25) is 0 Å². The first-order valence-corrected chi connectivity index (χ1v) is 7.77. The number of nitrogens with zero attached hydrogens (tertiary/aromatic N) is 4. The molecule has 0 radical (unpaired) electrons. The summed E-state index contributed by atoms with van der Waals surface area (Å²) in [6.45, 7) is 9.77. The Labute approximate surface area is 121 Å². The van der Waals surface area contributed by atoms with Gasteiger partial charge in [-0.1, -0.05) is 6.92 Å². The van der Waals surface area contributed by atoms with Gasteiger partial charge in [-0.05, 0) is 25.7 Å². The number of aromatic nitrogens is 2. The highest BCUT2D eigenvalue weighted by Gasteiger charge is 2.27. The molecule has 1 saturated carbocycles. The lowest BCUT2D eigenvalue weighted by Crippen LogP contribution is -2.47. The Morgan fingerprint density at radius 3 is 2.45 bits per heavy atom. The van der Waals surface area contributed by atoms with Gasteiger partial charge in [-0.25, -0.2) is 9.97 Å². The second-order valence-electron chi connectivity index (χ2n) is 6.06. The number of rotatable bonds is 4. The standard InChI is InChI=1S/C15H25N5/c1-3-13-17-14(16)11(2)15(18-13)20-8-6-19(7-9-20)10-12-4-5-12/h12H,3-10H2,1-2H3,(H2,16,17,18). The fraction of sp³-hybridized carbons (Fsp3) is 0.733. The van der Waals surface area contributed by atoms with E-state index in [1.807, 2.05) is 6.92 Å². The molecular weight excluding hydrogens is 250 g/mol. The number of hydrogen-bond donors (Lipinski definition) is 1. The van der Waals surface area contributed by atoms with Crippen molar-refractivity contribution in [3.63, 3.8) is 0 Å². The monoisotopic (exact) mass is 275 g/mol. The van der Waals surface area contributed by atoms with Gasteiger partial charge in [0.25, 0.3) is 0 Å². The maximum atomic E-state index is 6.02. The van der Waals surface area contributed by atoms with E-state index in [1.54, 1.807) is 0 Å². The minimum absolute atomic E-state index is 0.632. The van der Waals surface area contributed by atoms with Gasteiger partial charge in [-0.3, -0.25) is 4.90 Å². The zero-order valence-corrected chi connectivity index (χ0v) is 12.6. The molecule has 5 heteroatoms. The van der Waals surface area contributed by atoms with Crippen molar-refractivity contribution in [2.75, 3.05) is 43.4 Å². The Balaban J connectivity index is 1.68. The lowest BCUT2D eigenvalue weighted by atomic mass is 10.2. The Kier molecular flexibility index (Phi) is 3.78. The number of hydrogen-bond acceptors (Lipinski definition) is 5. The van der Waals surface area contributed by atoms with E-state index >= 15 is 0 Å². The molecule has 0 bridgehead atoms. The van der Waals surface area contributed by atoms with Crippen LogP contribution in [0.3, 0.4) is 0 Å². The van der Waals surface area contributed by atoms with Crippen LogP contribution in [0.4, 0.5) is 11.6 Å². The van der Waals surface area contributed by atoms with Crippen LogP contribution in [-0.4, -0.2) is 47.6 Å². The van der Waals surface area contributed by atoms with Crippen molar-refractivity contribution in [2.24, 2.45) is 5.92 Å². The van der Waals surface area contributed by atoms with Crippen molar-refractivity contribution in [1.82, 2.24) is 14.9 Å². The van der Waals surface area contributed by atoms with Crippen LogP contribution in [0.15, 0.2) is 0 Å². The van der Waals surface area contributed by atoms with E-state index < -0.39 is 0 Å². The second-order valence-corrected chi connectivity index (χ2v) is 6.06. The third-order valence-electron chi connectivity index (χ3n) is 4.41. The summed E-state index contributed by atoms with van der Waals surface area (Å²) in [6.07, 6.45) is 3.70. The van der Waals surface area contributed by atoms with Crippen LogP contribution in [0.5, 0.6) is 0 Å². The normalized spacial score (nSPS) is 20.4. The second kappa shape index (κ2) is 5.56. The predicted octanol–water partition coefficient (Wildman–Crippen LogP) is 1.46. The Bertz CT molecular complexity index is 475. The predicted molar refractivity (Wildman–Crippen MR) is 81.9 cm³/mol. The Morgan fingerprint density at radius 1 is 1.15 bits per heavy atom. The molecule has 1 saturated heterocycles. The van der Waals surface area contributed by atoms with Crippen LogP contribution >= 0.6 is 0 Å². The summed E-state index contributed by atoms with van der Waals surface area (Å²) in [6, 6.07) is 0. The van der Waals surface area contributed by atoms with Gasteiger partial charge in [0.15, 0.2) is 0 Å². The van der Waals surface area contributed by atoms with E-state index in [1.165, 1.54) is 19.4 Å². The SMILES string of the molecule is CCc1nc(N)c(C)c(N2CCN(CC3CC3)CC2)n1. The maximum Gasteiger partial charge on any atom is 0.137 e. The van der Waals surface area contributed by atoms with Crippen LogP contribution in [-0.2, 0) is 6.42 Å². The number of nitrogen functional groups attached to an aromatic ring is 1. The first-order valence-electron chi connectivity index (χ1n) is 7.77. The van der Waals surface area contributed by atoms with Crippen molar-refractivity contribution < 1.29 is 0 Å². The van der Waals surface area contributed by atoms with Gasteiger partial charge >= 0.3 is 0 Å². The molecule has 0 atom stereocenters. The average Bonchev–Trinajstić information content (AvgIpc) is 3.27. The molecule has 2 heterocycles. The molecule has 2 fully saturated rings. The summed E-state index contributed by atoms with van der Waals surface area (Å²) < 4.78 is 0. The molecule has 2 aliphatic rings. The minimum atomic E-state index is 0.632. The lowest BCUT2D eigenvalue weighted by Gasteiger charge is -2.36. The van der Waals surface area contributed by atoms with Gasteiger partial charge < -0.3 is 10.6 Å². The molecule has 0 spiro atoms. The highest BCUT2D eigenvalue weighted by atomic mass is 15.3. The number of nitrogens with two attached hydrogens (primary N) is 1. The third-order valence-corrected chi connectivity index (χ3v) is 4.41. The molecule has 0 aromatic carbocycles. The molecule has 1 aromatic rings. The molecule has 110 valence electrons. The summed E-state index contributed by atoms with van der Waals surface area (Å²) in [5.41, 5.74) is 7.04. The van der Waals surface area contributed by atoms with Gasteiger partial charge in [-0.2, -0.15) is 0 Å². The molecule has 0 amide bonds. The van der Waals surface area contributed by atoms with E-state index in [9.17, 15) is 0 Å². The van der Waals surface area contributed by atoms with Crippen molar-refractivity contribution >= 4 is 11.6 Å². The van der Waals surface area contributed by atoms with Gasteiger partial charge in [0.1, 0.15) is 17.5 Å². The molecule has 0 unspecified atom stereocenters. The van der Waals surface area contributed by atoms with Crippen LogP contribution in [0.2, 0.25) is 0 Å². The first-order chi connectivity index (χ1) is 9.67. The summed E-state index contributed by atoms with van der Waals surface area (Å²) in [7, 11) is 0. The summed E-state index contributed by atoms with van der Waals surface area (Å²) >= 11 is 0. The van der Waals surface area contributed by atoms with Crippen molar-refractivity contribution in [3.05, 3.63) is 11.4 Å². The molecule has 5 nitrogen and oxygen atoms in total. The van der Waals surface area contributed by atoms with E-state index in [4.69, 9.17) is 5.73 Å². The summed E-state index contributed by atoms with van der Waals surface area (Å²) in [5, 5.41) is 0. The molecule has 20 heavy (non-hydrogen) atoms. The summed E-state index contributed by atoms with van der Waals surface area (Å²) in [5.74, 6) is 3.50. The van der Waals surface area contributed by atoms with E-state index in [0.717, 1.165) is 55.7 Å². The van der Waals surface area contributed by atoms with Gasteiger partial charge in [-0.15, -0.1) is 0 Å². The smallest absolute Gasteiger partial charge is 0.137 e. The number of anilines is 2. The quantitative estimate of drug-likeness (QED) is 0.901. The topological polar surface area (TPSA) is 58.3 Å². The highest BCUT2D eigenvalue weighted by Crippen LogP contribution is 2.30. The van der Waals surface area contributed by atoms with Crippen molar-refractivity contribution in [3.8, 4) is 0 Å². The van der Waals surface area contributed by atoms with Gasteiger partial charge in [0, 0.05) is 44.7 Å². The minimum Gasteiger partial charge on any atom is -0.383 e. The Morgan fingerprint density at radius 2 is 1.85 bits per heavy atom. The van der Waals surface area contributed by atoms with Crippen LogP contribution < -0.4 is 10.6 Å². The maximum absolute atomic E-state index is 6.02. The first kappa shape index (κ1) is 13.6. The largest absolute Gasteiger partial charge is 0.383 e. The zero-order chi connectivity index (χ0) is 14.1. The number of piperazine rings is 1. The molecule has 2 N–H and O–H groups in total. The van der Waals surface area contributed by atoms with Crippen molar-refractivity contribution in [1.29, 1.82) is 0 Å². The third kappa shape index (κ3) is 2.87. The highest BCUT2D eigenvalue weighted by molar-refractivity contribution is 5.56. The zero-order valence-electron chi connectivity index (χ0n) is 12.6. The fourth-order valence-corrected chi connectivity index (χ4v) is 2.84. The van der Waals surface area contributed by atoms with Crippen molar-refractivity contribution in [2.45, 2.75) is 33.1 Å². The molecule has 1 aromatic heterocycles. The fourth-order valence-electron chi connectivity index (χ4n) is 2.84. The van der Waals surface area contributed by atoms with Crippen LogP contribution in [0.25, 0.3) is 0 Å². The molecule has 1 aliphatic heterocycles. The van der Waals surface area contributed by atoms with Crippen LogP contribution in [0, 0.1) is 12.8 Å². The molecular formula is C15H25N5. The Hall–Kier alpha value is -1.36.